The number of hydrogen-bond acceptors (Lipinski definition) is 2. The number of amides is 1. The van der Waals surface area contributed by atoms with E-state index in [9.17, 15) is 9.90 Å². The van der Waals surface area contributed by atoms with Gasteiger partial charge in [0.05, 0.1) is 0 Å². The maximum atomic E-state index is 12.0. The Labute approximate surface area is 119 Å². The van der Waals surface area contributed by atoms with Crippen molar-refractivity contribution in [3.05, 3.63) is 34.9 Å². The molecule has 4 heteroatoms. The van der Waals surface area contributed by atoms with Gasteiger partial charge in [0.1, 0.15) is 0 Å². The van der Waals surface area contributed by atoms with Crippen molar-refractivity contribution in [3.8, 4) is 0 Å². The van der Waals surface area contributed by atoms with Gasteiger partial charge in [-0.15, -0.1) is 0 Å². The highest BCUT2D eigenvalue weighted by Crippen LogP contribution is 2.29. The van der Waals surface area contributed by atoms with Crippen molar-refractivity contribution in [3.63, 3.8) is 0 Å². The van der Waals surface area contributed by atoms with Gasteiger partial charge in [0.15, 0.2) is 0 Å². The second-order valence-electron chi connectivity index (χ2n) is 5.21. The van der Waals surface area contributed by atoms with Gasteiger partial charge >= 0.3 is 0 Å². The molecule has 0 heterocycles. The molecule has 1 aromatic rings. The summed E-state index contributed by atoms with van der Waals surface area (Å²) in [6.45, 7) is 0.855. The second-order valence-corrected chi connectivity index (χ2v) is 5.64. The number of hydrogen-bond donors (Lipinski definition) is 2. The number of benzene rings is 1. The monoisotopic (exact) mass is 281 g/mol. The number of aliphatic hydroxyl groups excluding tert-OH is 1. The highest BCUT2D eigenvalue weighted by molar-refractivity contribution is 6.30. The van der Waals surface area contributed by atoms with E-state index in [-0.39, 0.29) is 12.5 Å². The van der Waals surface area contributed by atoms with E-state index in [0.29, 0.717) is 29.0 Å². The zero-order valence-electron chi connectivity index (χ0n) is 10.9. The number of rotatable bonds is 4. The predicted octanol–water partition coefficient (Wildman–Crippen LogP) is 2.87. The molecular formula is C15H20ClNO2. The molecule has 104 valence electrons. The lowest BCUT2D eigenvalue weighted by Gasteiger charge is -2.30. The van der Waals surface area contributed by atoms with E-state index >= 15 is 0 Å². The largest absolute Gasteiger partial charge is 0.396 e. The van der Waals surface area contributed by atoms with Crippen LogP contribution in [0.3, 0.4) is 0 Å². The summed E-state index contributed by atoms with van der Waals surface area (Å²) >= 11 is 5.87. The maximum absolute atomic E-state index is 12.0. The smallest absolute Gasteiger partial charge is 0.251 e. The molecule has 19 heavy (non-hydrogen) atoms. The molecule has 0 aliphatic heterocycles. The number of aliphatic hydroxyl groups is 1. The average molecular weight is 282 g/mol. The lowest BCUT2D eigenvalue weighted by molar-refractivity contribution is 0.0909. The van der Waals surface area contributed by atoms with Crippen LogP contribution in [0.1, 0.15) is 36.0 Å². The topological polar surface area (TPSA) is 49.3 Å². The molecule has 1 amide bonds. The summed E-state index contributed by atoms with van der Waals surface area (Å²) in [5.74, 6) is 0.625. The van der Waals surface area contributed by atoms with Crippen molar-refractivity contribution >= 4 is 17.5 Å². The molecule has 1 saturated carbocycles. The van der Waals surface area contributed by atoms with Crippen molar-refractivity contribution in [1.82, 2.24) is 5.32 Å². The quantitative estimate of drug-likeness (QED) is 0.892. The van der Waals surface area contributed by atoms with E-state index in [4.69, 9.17) is 11.6 Å². The molecule has 0 radical (unpaired) electrons. The molecule has 2 N–H and O–H groups in total. The summed E-state index contributed by atoms with van der Waals surface area (Å²) in [5.41, 5.74) is 0.587. The zero-order chi connectivity index (χ0) is 13.7. The Morgan fingerprint density at radius 2 is 2.05 bits per heavy atom. The van der Waals surface area contributed by atoms with Gasteiger partial charge in [-0.1, -0.05) is 30.5 Å². The van der Waals surface area contributed by atoms with Gasteiger partial charge in [-0.2, -0.15) is 0 Å². The van der Waals surface area contributed by atoms with Crippen molar-refractivity contribution in [2.75, 3.05) is 13.2 Å². The van der Waals surface area contributed by atoms with E-state index in [0.717, 1.165) is 12.8 Å². The van der Waals surface area contributed by atoms with Crippen molar-refractivity contribution in [2.45, 2.75) is 25.7 Å². The van der Waals surface area contributed by atoms with E-state index in [1.54, 1.807) is 24.3 Å². The van der Waals surface area contributed by atoms with Gasteiger partial charge in [0, 0.05) is 23.7 Å². The van der Waals surface area contributed by atoms with Crippen molar-refractivity contribution < 1.29 is 9.90 Å². The van der Waals surface area contributed by atoms with Gasteiger partial charge in [-0.05, 0) is 42.9 Å². The molecule has 3 nitrogen and oxygen atoms in total. The molecule has 2 unspecified atom stereocenters. The summed E-state index contributed by atoms with van der Waals surface area (Å²) in [6.07, 6.45) is 4.52. The van der Waals surface area contributed by atoms with Crippen LogP contribution in [-0.4, -0.2) is 24.2 Å². The summed E-state index contributed by atoms with van der Waals surface area (Å²) < 4.78 is 0. The van der Waals surface area contributed by atoms with Crippen LogP contribution >= 0.6 is 11.6 Å². The first-order chi connectivity index (χ1) is 9.20. The van der Waals surface area contributed by atoms with Gasteiger partial charge in [-0.3, -0.25) is 4.79 Å². The Bertz CT molecular complexity index is 436. The lowest BCUT2D eigenvalue weighted by Crippen LogP contribution is -2.35. The number of nitrogens with one attached hydrogen (secondary N) is 1. The fourth-order valence-corrected chi connectivity index (χ4v) is 2.94. The highest BCUT2D eigenvalue weighted by Gasteiger charge is 2.24. The molecule has 2 rings (SSSR count). The molecule has 0 spiro atoms. The standard InChI is InChI=1S/C15H20ClNO2/c16-14-7-3-6-11(8-14)15(19)17-9-12-4-1-2-5-13(12)10-18/h3,6-8,12-13,18H,1-2,4-5,9-10H2,(H,17,19). The van der Waals surface area contributed by atoms with Gasteiger partial charge in [0.25, 0.3) is 5.91 Å². The fourth-order valence-electron chi connectivity index (χ4n) is 2.75. The SMILES string of the molecule is O=C(NCC1CCCCC1CO)c1cccc(Cl)c1. The van der Waals surface area contributed by atoms with Crippen LogP contribution in [0.25, 0.3) is 0 Å². The van der Waals surface area contributed by atoms with E-state index in [1.807, 2.05) is 0 Å². The van der Waals surface area contributed by atoms with Gasteiger partial charge in [-0.25, -0.2) is 0 Å². The van der Waals surface area contributed by atoms with Crippen molar-refractivity contribution in [1.29, 1.82) is 0 Å². The molecule has 1 aromatic carbocycles. The number of halogens is 1. The predicted molar refractivity (Wildman–Crippen MR) is 76.3 cm³/mol. The third kappa shape index (κ3) is 3.95. The van der Waals surface area contributed by atoms with Crippen LogP contribution in [0.5, 0.6) is 0 Å². The summed E-state index contributed by atoms with van der Waals surface area (Å²) in [4.78, 5) is 12.0. The zero-order valence-corrected chi connectivity index (χ0v) is 11.7. The second kappa shape index (κ2) is 6.92. The summed E-state index contributed by atoms with van der Waals surface area (Å²) in [7, 11) is 0. The van der Waals surface area contributed by atoms with Crippen LogP contribution in [-0.2, 0) is 0 Å². The third-order valence-corrected chi connectivity index (χ3v) is 4.15. The van der Waals surface area contributed by atoms with Crippen LogP contribution < -0.4 is 5.32 Å². The summed E-state index contributed by atoms with van der Waals surface area (Å²) in [5, 5.41) is 12.9. The van der Waals surface area contributed by atoms with E-state index < -0.39 is 0 Å². The molecule has 0 saturated heterocycles. The number of carbonyl (C=O) groups excluding carboxylic acids is 1. The minimum Gasteiger partial charge on any atom is -0.396 e. The molecule has 2 atom stereocenters. The Kier molecular flexibility index (Phi) is 5.23. The molecule has 1 aliphatic carbocycles. The Balaban J connectivity index is 1.89. The van der Waals surface area contributed by atoms with Crippen LogP contribution in [0, 0.1) is 11.8 Å². The third-order valence-electron chi connectivity index (χ3n) is 3.91. The molecular weight excluding hydrogens is 262 g/mol. The van der Waals surface area contributed by atoms with Crippen LogP contribution in [0.15, 0.2) is 24.3 Å². The van der Waals surface area contributed by atoms with Gasteiger partial charge < -0.3 is 10.4 Å². The maximum Gasteiger partial charge on any atom is 0.251 e. The minimum atomic E-state index is -0.0928. The molecule has 1 aliphatic rings. The Hall–Kier alpha value is -1.06. The highest BCUT2D eigenvalue weighted by atomic mass is 35.5. The number of carbonyl (C=O) groups is 1. The normalized spacial score (nSPS) is 23.1. The van der Waals surface area contributed by atoms with Crippen LogP contribution in [0.4, 0.5) is 0 Å². The minimum absolute atomic E-state index is 0.0928. The lowest BCUT2D eigenvalue weighted by atomic mass is 9.79. The molecule has 0 bridgehead atoms. The first kappa shape index (κ1) is 14.4. The Morgan fingerprint density at radius 3 is 2.74 bits per heavy atom. The van der Waals surface area contributed by atoms with E-state index in [1.165, 1.54) is 12.8 Å². The molecule has 1 fully saturated rings. The van der Waals surface area contributed by atoms with Crippen molar-refractivity contribution in [2.24, 2.45) is 11.8 Å². The average Bonchev–Trinajstić information content (AvgIpc) is 2.45. The first-order valence-electron chi connectivity index (χ1n) is 6.85. The van der Waals surface area contributed by atoms with Crippen LogP contribution in [0.2, 0.25) is 5.02 Å². The van der Waals surface area contributed by atoms with Gasteiger partial charge in [0.2, 0.25) is 0 Å². The van der Waals surface area contributed by atoms with E-state index in [2.05, 4.69) is 5.32 Å². The summed E-state index contributed by atoms with van der Waals surface area (Å²) in [6, 6.07) is 6.95. The fraction of sp³-hybridized carbons (Fsp3) is 0.533. The molecule has 0 aromatic heterocycles. The first-order valence-corrected chi connectivity index (χ1v) is 7.23. The Morgan fingerprint density at radius 1 is 1.32 bits per heavy atom.